The molecule has 1 rings (SSSR count). The van der Waals surface area contributed by atoms with Crippen LogP contribution in [0.15, 0.2) is 28.7 Å². The van der Waals surface area contributed by atoms with Crippen molar-refractivity contribution in [1.29, 1.82) is 0 Å². The van der Waals surface area contributed by atoms with Gasteiger partial charge in [-0.3, -0.25) is 9.59 Å². The van der Waals surface area contributed by atoms with Crippen molar-refractivity contribution in [3.63, 3.8) is 0 Å². The van der Waals surface area contributed by atoms with Crippen molar-refractivity contribution in [1.82, 2.24) is 4.90 Å². The molecule has 0 radical (unpaired) electrons. The van der Waals surface area contributed by atoms with E-state index in [9.17, 15) is 9.59 Å². The molecule has 116 valence electrons. The summed E-state index contributed by atoms with van der Waals surface area (Å²) in [6, 6.07) is 7.46. The number of carbonyl (C=O) groups excluding carboxylic acids is 1. The molecule has 0 saturated heterocycles. The Morgan fingerprint density at radius 3 is 2.52 bits per heavy atom. The van der Waals surface area contributed by atoms with Crippen LogP contribution in [-0.4, -0.2) is 41.6 Å². The van der Waals surface area contributed by atoms with Crippen LogP contribution in [0.25, 0.3) is 0 Å². The number of carboxylic acid groups (broad SMARTS) is 1. The van der Waals surface area contributed by atoms with Crippen LogP contribution >= 0.6 is 15.9 Å². The second-order valence-electron chi connectivity index (χ2n) is 4.61. The molecule has 1 N–H and O–H groups in total. The Labute approximate surface area is 133 Å². The van der Waals surface area contributed by atoms with Gasteiger partial charge in [-0.25, -0.2) is 0 Å². The molecule has 0 bridgehead atoms. The van der Waals surface area contributed by atoms with Gasteiger partial charge in [0.25, 0.3) is 0 Å². The average Bonchev–Trinajstić information content (AvgIpc) is 2.44. The molecule has 0 fully saturated rings. The number of benzene rings is 1. The van der Waals surface area contributed by atoms with Crippen molar-refractivity contribution >= 4 is 27.8 Å². The van der Waals surface area contributed by atoms with E-state index in [1.54, 1.807) is 0 Å². The van der Waals surface area contributed by atoms with Gasteiger partial charge in [-0.15, -0.1) is 0 Å². The second-order valence-corrected chi connectivity index (χ2v) is 5.53. The van der Waals surface area contributed by atoms with E-state index in [-0.39, 0.29) is 12.5 Å². The maximum absolute atomic E-state index is 11.9. The predicted molar refractivity (Wildman–Crippen MR) is 83.4 cm³/mol. The number of carboxylic acids is 1. The van der Waals surface area contributed by atoms with Gasteiger partial charge in [-0.1, -0.05) is 22.9 Å². The highest BCUT2D eigenvalue weighted by atomic mass is 79.9. The summed E-state index contributed by atoms with van der Waals surface area (Å²) in [5, 5.41) is 8.78. The quantitative estimate of drug-likeness (QED) is 0.690. The van der Waals surface area contributed by atoms with Gasteiger partial charge in [-0.2, -0.15) is 0 Å². The van der Waals surface area contributed by atoms with Crippen molar-refractivity contribution in [3.05, 3.63) is 28.7 Å². The van der Waals surface area contributed by atoms with Crippen LogP contribution in [0.3, 0.4) is 0 Å². The summed E-state index contributed by atoms with van der Waals surface area (Å²) in [5.41, 5.74) is 0. The smallest absolute Gasteiger partial charge is 0.323 e. The molecule has 0 aliphatic heterocycles. The monoisotopic (exact) mass is 357 g/mol. The molecule has 0 aromatic heterocycles. The van der Waals surface area contributed by atoms with Crippen LogP contribution in [-0.2, 0) is 9.59 Å². The van der Waals surface area contributed by atoms with Gasteiger partial charge in [0.2, 0.25) is 5.91 Å². The van der Waals surface area contributed by atoms with Crippen LogP contribution in [0.4, 0.5) is 0 Å². The first-order valence-electron chi connectivity index (χ1n) is 6.91. The Bertz CT molecular complexity index is 461. The third kappa shape index (κ3) is 7.13. The number of aliphatic carboxylic acids is 1. The minimum Gasteiger partial charge on any atom is -0.494 e. The molecule has 0 saturated carbocycles. The Hall–Kier alpha value is -1.56. The van der Waals surface area contributed by atoms with E-state index < -0.39 is 5.97 Å². The average molecular weight is 358 g/mol. The highest BCUT2D eigenvalue weighted by Crippen LogP contribution is 2.16. The zero-order chi connectivity index (χ0) is 15.7. The number of ether oxygens (including phenoxy) is 1. The fourth-order valence-corrected chi connectivity index (χ4v) is 2.09. The topological polar surface area (TPSA) is 66.8 Å². The van der Waals surface area contributed by atoms with Crippen molar-refractivity contribution < 1.29 is 19.4 Å². The van der Waals surface area contributed by atoms with Gasteiger partial charge in [0.15, 0.2) is 0 Å². The largest absolute Gasteiger partial charge is 0.494 e. The number of halogens is 1. The molecule has 0 aliphatic carbocycles. The SMILES string of the molecule is CCCN(CC(=O)O)C(=O)CCCOc1ccc(Br)cc1. The first kappa shape index (κ1) is 17.5. The lowest BCUT2D eigenvalue weighted by molar-refractivity contribution is -0.144. The van der Waals surface area contributed by atoms with Gasteiger partial charge in [0.1, 0.15) is 12.3 Å². The van der Waals surface area contributed by atoms with Crippen LogP contribution in [0, 0.1) is 0 Å². The van der Waals surface area contributed by atoms with Crippen molar-refractivity contribution in [2.75, 3.05) is 19.7 Å². The summed E-state index contributed by atoms with van der Waals surface area (Å²) in [4.78, 5) is 24.0. The van der Waals surface area contributed by atoms with E-state index in [4.69, 9.17) is 9.84 Å². The fourth-order valence-electron chi connectivity index (χ4n) is 1.83. The molecule has 6 heteroatoms. The Kier molecular flexibility index (Phi) is 7.82. The summed E-state index contributed by atoms with van der Waals surface area (Å²) < 4.78 is 6.50. The summed E-state index contributed by atoms with van der Waals surface area (Å²) in [6.45, 7) is 2.58. The number of hydrogen-bond donors (Lipinski definition) is 1. The van der Waals surface area contributed by atoms with Gasteiger partial charge in [0.05, 0.1) is 6.61 Å². The third-order valence-electron chi connectivity index (χ3n) is 2.79. The summed E-state index contributed by atoms with van der Waals surface area (Å²) >= 11 is 3.34. The maximum atomic E-state index is 11.9. The van der Waals surface area contributed by atoms with Crippen LogP contribution in [0.5, 0.6) is 5.75 Å². The Balaban J connectivity index is 2.31. The zero-order valence-electron chi connectivity index (χ0n) is 12.0. The number of nitrogens with zero attached hydrogens (tertiary/aromatic N) is 1. The van der Waals surface area contributed by atoms with Gasteiger partial charge >= 0.3 is 5.97 Å². The van der Waals surface area contributed by atoms with Crippen molar-refractivity contribution in [2.24, 2.45) is 0 Å². The fraction of sp³-hybridized carbons (Fsp3) is 0.467. The minimum absolute atomic E-state index is 0.140. The molecule has 1 aromatic carbocycles. The van der Waals surface area contributed by atoms with E-state index in [0.717, 1.165) is 16.6 Å². The summed E-state index contributed by atoms with van der Waals surface area (Å²) in [6.07, 6.45) is 1.60. The van der Waals surface area contributed by atoms with Crippen LogP contribution in [0.1, 0.15) is 26.2 Å². The predicted octanol–water partition coefficient (Wildman–Crippen LogP) is 2.93. The molecular weight excluding hydrogens is 338 g/mol. The molecule has 21 heavy (non-hydrogen) atoms. The molecule has 5 nitrogen and oxygen atoms in total. The number of rotatable bonds is 9. The molecule has 0 atom stereocenters. The number of amides is 1. The molecular formula is C15H20BrNO4. The number of carbonyl (C=O) groups is 2. The highest BCUT2D eigenvalue weighted by Gasteiger charge is 2.15. The van der Waals surface area contributed by atoms with E-state index >= 15 is 0 Å². The molecule has 1 amide bonds. The Morgan fingerprint density at radius 2 is 1.95 bits per heavy atom. The zero-order valence-corrected chi connectivity index (χ0v) is 13.6. The standard InChI is InChI=1S/C15H20BrNO4/c1-2-9-17(11-15(19)20)14(18)4-3-10-21-13-7-5-12(16)6-8-13/h5-8H,2-4,9-11H2,1H3,(H,19,20). The summed E-state index contributed by atoms with van der Waals surface area (Å²) in [5.74, 6) is -0.372. The number of hydrogen-bond acceptors (Lipinski definition) is 3. The lowest BCUT2D eigenvalue weighted by Gasteiger charge is -2.19. The molecule has 0 aliphatic rings. The first-order chi connectivity index (χ1) is 10.0. The van der Waals surface area contributed by atoms with E-state index in [0.29, 0.717) is 26.0 Å². The highest BCUT2D eigenvalue weighted by molar-refractivity contribution is 9.10. The normalized spacial score (nSPS) is 10.2. The molecule has 1 aromatic rings. The first-order valence-corrected chi connectivity index (χ1v) is 7.70. The van der Waals surface area contributed by atoms with Crippen molar-refractivity contribution in [3.8, 4) is 5.75 Å². The van der Waals surface area contributed by atoms with E-state index in [1.165, 1.54) is 4.90 Å². The lowest BCUT2D eigenvalue weighted by atomic mass is 10.2. The minimum atomic E-state index is -0.983. The third-order valence-corrected chi connectivity index (χ3v) is 3.32. The molecule has 0 spiro atoms. The Morgan fingerprint density at radius 1 is 1.29 bits per heavy atom. The van der Waals surface area contributed by atoms with Gasteiger partial charge in [0, 0.05) is 17.4 Å². The van der Waals surface area contributed by atoms with Crippen molar-refractivity contribution in [2.45, 2.75) is 26.2 Å². The van der Waals surface area contributed by atoms with Gasteiger partial charge in [-0.05, 0) is 37.1 Å². The van der Waals surface area contributed by atoms with E-state index in [2.05, 4.69) is 15.9 Å². The summed E-state index contributed by atoms with van der Waals surface area (Å²) in [7, 11) is 0. The van der Waals surface area contributed by atoms with Crippen LogP contribution < -0.4 is 4.74 Å². The maximum Gasteiger partial charge on any atom is 0.323 e. The van der Waals surface area contributed by atoms with Gasteiger partial charge < -0.3 is 14.7 Å². The second kappa shape index (κ2) is 9.39. The molecule has 0 heterocycles. The van der Waals surface area contributed by atoms with Crippen LogP contribution in [0.2, 0.25) is 0 Å². The van der Waals surface area contributed by atoms with E-state index in [1.807, 2.05) is 31.2 Å². The lowest BCUT2D eigenvalue weighted by Crippen LogP contribution is -2.36. The molecule has 0 unspecified atom stereocenters.